The molecule has 0 bridgehead atoms. The maximum absolute atomic E-state index is 11.4. The Morgan fingerprint density at radius 3 is 3.00 bits per heavy atom. The second kappa shape index (κ2) is 4.60. The van der Waals surface area contributed by atoms with Crippen molar-refractivity contribution in [3.8, 4) is 0 Å². The number of halogens is 1. The summed E-state index contributed by atoms with van der Waals surface area (Å²) in [6.45, 7) is 3.09. The van der Waals surface area contributed by atoms with E-state index in [1.165, 1.54) is 0 Å². The largest absolute Gasteiger partial charge is 0.353 e. The van der Waals surface area contributed by atoms with Crippen molar-refractivity contribution >= 4 is 27.7 Å². The molecule has 0 aromatic rings. The lowest BCUT2D eigenvalue weighted by atomic mass is 10.1. The lowest BCUT2D eigenvalue weighted by Crippen LogP contribution is -2.57. The van der Waals surface area contributed by atoms with E-state index in [1.54, 1.807) is 4.90 Å². The SMILES string of the molecule is CCC1C(=O)NCCN1C(=O)CBr. The number of alkyl halides is 1. The Kier molecular flexibility index (Phi) is 3.71. The number of carbonyl (C=O) groups excluding carboxylic acids is 2. The zero-order chi connectivity index (χ0) is 9.84. The summed E-state index contributed by atoms with van der Waals surface area (Å²) >= 11 is 3.10. The van der Waals surface area contributed by atoms with Gasteiger partial charge in [0.05, 0.1) is 5.33 Å². The van der Waals surface area contributed by atoms with Crippen molar-refractivity contribution in [2.45, 2.75) is 19.4 Å². The standard InChI is InChI=1S/C8H13BrN2O2/c1-2-6-8(13)10-3-4-11(6)7(12)5-9/h6H,2-5H2,1H3,(H,10,13). The zero-order valence-corrected chi connectivity index (χ0v) is 9.13. The molecule has 1 unspecified atom stereocenters. The first kappa shape index (κ1) is 10.5. The van der Waals surface area contributed by atoms with Gasteiger partial charge < -0.3 is 10.2 Å². The van der Waals surface area contributed by atoms with Crippen molar-refractivity contribution in [1.82, 2.24) is 10.2 Å². The summed E-state index contributed by atoms with van der Waals surface area (Å²) < 4.78 is 0. The lowest BCUT2D eigenvalue weighted by molar-refractivity contribution is -0.141. The molecule has 1 rings (SSSR count). The molecule has 0 spiro atoms. The summed E-state index contributed by atoms with van der Waals surface area (Å²) in [6, 6.07) is -0.279. The third-order valence-corrected chi connectivity index (χ3v) is 2.63. The molecule has 1 fully saturated rings. The van der Waals surface area contributed by atoms with Crippen LogP contribution in [-0.2, 0) is 9.59 Å². The molecule has 13 heavy (non-hydrogen) atoms. The van der Waals surface area contributed by atoms with Crippen LogP contribution in [0.15, 0.2) is 0 Å². The number of hydrogen-bond acceptors (Lipinski definition) is 2. The third-order valence-electron chi connectivity index (χ3n) is 2.15. The Balaban J connectivity index is 2.70. The van der Waals surface area contributed by atoms with Crippen LogP contribution < -0.4 is 5.32 Å². The Morgan fingerprint density at radius 2 is 2.46 bits per heavy atom. The van der Waals surface area contributed by atoms with Crippen LogP contribution in [0, 0.1) is 0 Å². The average molecular weight is 249 g/mol. The maximum atomic E-state index is 11.4. The minimum Gasteiger partial charge on any atom is -0.353 e. The number of rotatable bonds is 2. The Hall–Kier alpha value is -0.580. The lowest BCUT2D eigenvalue weighted by Gasteiger charge is -2.34. The fraction of sp³-hybridized carbons (Fsp3) is 0.750. The second-order valence-corrected chi connectivity index (χ2v) is 3.50. The van der Waals surface area contributed by atoms with Gasteiger partial charge in [-0.25, -0.2) is 0 Å². The van der Waals surface area contributed by atoms with Crippen molar-refractivity contribution in [1.29, 1.82) is 0 Å². The van der Waals surface area contributed by atoms with E-state index in [2.05, 4.69) is 21.2 Å². The predicted molar refractivity (Wildman–Crippen MR) is 52.6 cm³/mol. The van der Waals surface area contributed by atoms with Crippen molar-refractivity contribution < 1.29 is 9.59 Å². The summed E-state index contributed by atoms with van der Waals surface area (Å²) in [7, 11) is 0. The van der Waals surface area contributed by atoms with E-state index in [0.29, 0.717) is 19.5 Å². The summed E-state index contributed by atoms with van der Waals surface area (Å²) in [6.07, 6.45) is 0.671. The molecule has 1 N–H and O–H groups in total. The first-order chi connectivity index (χ1) is 6.20. The van der Waals surface area contributed by atoms with Gasteiger partial charge in [0.1, 0.15) is 6.04 Å². The van der Waals surface area contributed by atoms with Gasteiger partial charge in [0, 0.05) is 13.1 Å². The number of carbonyl (C=O) groups is 2. The van der Waals surface area contributed by atoms with Gasteiger partial charge in [-0.15, -0.1) is 0 Å². The fourth-order valence-corrected chi connectivity index (χ4v) is 1.82. The highest BCUT2D eigenvalue weighted by Crippen LogP contribution is 2.09. The van der Waals surface area contributed by atoms with Gasteiger partial charge in [-0.1, -0.05) is 22.9 Å². The Bertz CT molecular complexity index is 220. The van der Waals surface area contributed by atoms with Crippen molar-refractivity contribution in [2.24, 2.45) is 0 Å². The zero-order valence-electron chi connectivity index (χ0n) is 7.55. The predicted octanol–water partition coefficient (Wildman–Crippen LogP) is 0.118. The van der Waals surface area contributed by atoms with E-state index in [1.807, 2.05) is 6.92 Å². The molecule has 1 saturated heterocycles. The van der Waals surface area contributed by atoms with E-state index < -0.39 is 0 Å². The van der Waals surface area contributed by atoms with E-state index in [9.17, 15) is 9.59 Å². The molecule has 0 aromatic carbocycles. The van der Waals surface area contributed by atoms with Gasteiger partial charge >= 0.3 is 0 Å². The average Bonchev–Trinajstić information content (AvgIpc) is 2.16. The van der Waals surface area contributed by atoms with Crippen LogP contribution >= 0.6 is 15.9 Å². The van der Waals surface area contributed by atoms with Crippen LogP contribution in [0.4, 0.5) is 0 Å². The first-order valence-corrected chi connectivity index (χ1v) is 5.46. The fourth-order valence-electron chi connectivity index (χ4n) is 1.50. The highest BCUT2D eigenvalue weighted by molar-refractivity contribution is 9.09. The maximum Gasteiger partial charge on any atom is 0.242 e. The molecule has 5 heteroatoms. The number of piperazine rings is 1. The van der Waals surface area contributed by atoms with Crippen molar-refractivity contribution in [3.05, 3.63) is 0 Å². The Labute approximate surface area is 85.8 Å². The molecular formula is C8H13BrN2O2. The van der Waals surface area contributed by atoms with Gasteiger partial charge in [-0.05, 0) is 6.42 Å². The molecule has 1 aliphatic rings. The van der Waals surface area contributed by atoms with Gasteiger partial charge in [0.15, 0.2) is 0 Å². The van der Waals surface area contributed by atoms with Gasteiger partial charge in [-0.3, -0.25) is 9.59 Å². The third kappa shape index (κ3) is 2.21. The first-order valence-electron chi connectivity index (χ1n) is 4.33. The topological polar surface area (TPSA) is 49.4 Å². The molecule has 0 aromatic heterocycles. The van der Waals surface area contributed by atoms with E-state index in [-0.39, 0.29) is 23.2 Å². The van der Waals surface area contributed by atoms with Gasteiger partial charge in [0.2, 0.25) is 11.8 Å². The summed E-state index contributed by atoms with van der Waals surface area (Å²) in [5, 5.41) is 3.03. The molecule has 2 amide bonds. The minimum atomic E-state index is -0.279. The van der Waals surface area contributed by atoms with Crippen LogP contribution in [0.1, 0.15) is 13.3 Å². The number of hydrogen-bond donors (Lipinski definition) is 1. The number of nitrogens with zero attached hydrogens (tertiary/aromatic N) is 1. The number of amides is 2. The van der Waals surface area contributed by atoms with E-state index >= 15 is 0 Å². The molecule has 1 heterocycles. The molecule has 4 nitrogen and oxygen atoms in total. The summed E-state index contributed by atoms with van der Waals surface area (Å²) in [5.74, 6) is -0.0512. The Morgan fingerprint density at radius 1 is 1.77 bits per heavy atom. The monoisotopic (exact) mass is 248 g/mol. The van der Waals surface area contributed by atoms with Gasteiger partial charge in [-0.2, -0.15) is 0 Å². The summed E-state index contributed by atoms with van der Waals surface area (Å²) in [4.78, 5) is 24.3. The van der Waals surface area contributed by atoms with E-state index in [0.717, 1.165) is 0 Å². The quantitative estimate of drug-likeness (QED) is 0.706. The highest BCUT2D eigenvalue weighted by Gasteiger charge is 2.30. The molecular weight excluding hydrogens is 236 g/mol. The normalized spacial score (nSPS) is 22.8. The molecule has 74 valence electrons. The minimum absolute atomic E-state index is 0.0123. The highest BCUT2D eigenvalue weighted by atomic mass is 79.9. The van der Waals surface area contributed by atoms with E-state index in [4.69, 9.17) is 0 Å². The summed E-state index contributed by atoms with van der Waals surface area (Å²) in [5.41, 5.74) is 0. The molecule has 0 radical (unpaired) electrons. The van der Waals surface area contributed by atoms with Crippen LogP contribution in [-0.4, -0.2) is 41.2 Å². The molecule has 1 aliphatic heterocycles. The van der Waals surface area contributed by atoms with Crippen molar-refractivity contribution in [2.75, 3.05) is 18.4 Å². The second-order valence-electron chi connectivity index (χ2n) is 2.94. The molecule has 0 saturated carbocycles. The van der Waals surface area contributed by atoms with Crippen molar-refractivity contribution in [3.63, 3.8) is 0 Å². The molecule has 1 atom stereocenters. The smallest absolute Gasteiger partial charge is 0.242 e. The van der Waals surface area contributed by atoms with Gasteiger partial charge in [0.25, 0.3) is 0 Å². The number of nitrogens with one attached hydrogen (secondary N) is 1. The van der Waals surface area contributed by atoms with Crippen LogP contribution in [0.3, 0.4) is 0 Å². The van der Waals surface area contributed by atoms with Crippen LogP contribution in [0.25, 0.3) is 0 Å². The van der Waals surface area contributed by atoms with Crippen LogP contribution in [0.2, 0.25) is 0 Å². The molecule has 0 aliphatic carbocycles. The van der Waals surface area contributed by atoms with Crippen LogP contribution in [0.5, 0.6) is 0 Å².